The molecule has 0 saturated heterocycles. The largest absolute Gasteiger partial charge is 0.496 e. The summed E-state index contributed by atoms with van der Waals surface area (Å²) in [6.45, 7) is 5.79. The fourth-order valence-electron chi connectivity index (χ4n) is 2.27. The summed E-state index contributed by atoms with van der Waals surface area (Å²) in [5.41, 5.74) is 1.99. The van der Waals surface area contributed by atoms with Gasteiger partial charge in [-0.1, -0.05) is 17.7 Å². The molecule has 0 bridgehead atoms. The van der Waals surface area contributed by atoms with E-state index in [1.807, 2.05) is 51.1 Å². The maximum absolute atomic E-state index is 12.2. The number of carbonyl (C=O) groups excluding carboxylic acids is 1. The number of nitrogens with one attached hydrogen (secondary N) is 1. The van der Waals surface area contributed by atoms with Crippen LogP contribution in [0.3, 0.4) is 0 Å². The SMILES string of the molecule is COc1ccc(C)cc1CC(=O)N[C@@H](C)c1ccc(C)o1. The third-order valence-electron chi connectivity index (χ3n) is 3.35. The van der Waals surface area contributed by atoms with Crippen LogP contribution in [0.25, 0.3) is 0 Å². The molecule has 0 saturated carbocycles. The van der Waals surface area contributed by atoms with Gasteiger partial charge in [0.25, 0.3) is 0 Å². The quantitative estimate of drug-likeness (QED) is 0.917. The standard InChI is InChI=1S/C17H21NO3/c1-11-5-7-16(20-4)14(9-11)10-17(19)18-13(3)15-8-6-12(2)21-15/h5-9,13H,10H2,1-4H3,(H,18,19)/t13-/m0/s1. The number of furan rings is 1. The van der Waals surface area contributed by atoms with Gasteiger partial charge in [-0.3, -0.25) is 4.79 Å². The van der Waals surface area contributed by atoms with Gasteiger partial charge < -0.3 is 14.5 Å². The van der Waals surface area contributed by atoms with Gasteiger partial charge in [0, 0.05) is 5.56 Å². The van der Waals surface area contributed by atoms with Gasteiger partial charge in [-0.2, -0.15) is 0 Å². The Hall–Kier alpha value is -2.23. The highest BCUT2D eigenvalue weighted by molar-refractivity contribution is 5.79. The normalized spacial score (nSPS) is 12.0. The molecule has 1 heterocycles. The van der Waals surface area contributed by atoms with E-state index in [1.54, 1.807) is 7.11 Å². The van der Waals surface area contributed by atoms with E-state index in [2.05, 4.69) is 5.32 Å². The molecule has 0 aliphatic carbocycles. The van der Waals surface area contributed by atoms with Crippen LogP contribution in [0.4, 0.5) is 0 Å². The summed E-state index contributed by atoms with van der Waals surface area (Å²) in [4.78, 5) is 12.2. The monoisotopic (exact) mass is 287 g/mol. The number of carbonyl (C=O) groups is 1. The van der Waals surface area contributed by atoms with Crippen LogP contribution in [0, 0.1) is 13.8 Å². The Labute approximate surface area is 125 Å². The maximum Gasteiger partial charge on any atom is 0.225 e. The first-order chi connectivity index (χ1) is 9.99. The Kier molecular flexibility index (Phi) is 4.68. The number of aryl methyl sites for hydroxylation is 2. The van der Waals surface area contributed by atoms with Gasteiger partial charge in [-0.25, -0.2) is 0 Å². The van der Waals surface area contributed by atoms with Crippen LogP contribution in [0.15, 0.2) is 34.7 Å². The summed E-state index contributed by atoms with van der Waals surface area (Å²) in [7, 11) is 1.61. The first-order valence-corrected chi connectivity index (χ1v) is 6.99. The molecule has 112 valence electrons. The van der Waals surface area contributed by atoms with Gasteiger partial charge in [0.1, 0.15) is 17.3 Å². The Bertz CT molecular complexity index is 631. The highest BCUT2D eigenvalue weighted by Crippen LogP contribution is 2.21. The molecule has 2 aromatic rings. The van der Waals surface area contributed by atoms with Crippen LogP contribution in [0.5, 0.6) is 5.75 Å². The summed E-state index contributed by atoms with van der Waals surface area (Å²) < 4.78 is 10.8. The van der Waals surface area contributed by atoms with E-state index in [4.69, 9.17) is 9.15 Å². The lowest BCUT2D eigenvalue weighted by molar-refractivity contribution is -0.121. The van der Waals surface area contributed by atoms with E-state index in [-0.39, 0.29) is 18.4 Å². The van der Waals surface area contributed by atoms with Crippen molar-refractivity contribution < 1.29 is 13.9 Å². The summed E-state index contributed by atoms with van der Waals surface area (Å²) in [6, 6.07) is 9.45. The van der Waals surface area contributed by atoms with Crippen LogP contribution >= 0.6 is 0 Å². The van der Waals surface area contributed by atoms with Crippen molar-refractivity contribution in [1.82, 2.24) is 5.32 Å². The van der Waals surface area contributed by atoms with Gasteiger partial charge in [0.15, 0.2) is 0 Å². The molecule has 1 aromatic carbocycles. The number of ether oxygens (including phenoxy) is 1. The van der Waals surface area contributed by atoms with E-state index in [9.17, 15) is 4.79 Å². The van der Waals surface area contributed by atoms with E-state index >= 15 is 0 Å². The second-order valence-electron chi connectivity index (χ2n) is 5.23. The first kappa shape index (κ1) is 15.2. The third kappa shape index (κ3) is 3.88. The van der Waals surface area contributed by atoms with Crippen molar-refractivity contribution in [2.75, 3.05) is 7.11 Å². The summed E-state index contributed by atoms with van der Waals surface area (Å²) >= 11 is 0. The smallest absolute Gasteiger partial charge is 0.225 e. The average Bonchev–Trinajstić information content (AvgIpc) is 2.85. The minimum Gasteiger partial charge on any atom is -0.496 e. The Morgan fingerprint density at radius 2 is 2.05 bits per heavy atom. The average molecular weight is 287 g/mol. The lowest BCUT2D eigenvalue weighted by atomic mass is 10.1. The van der Waals surface area contributed by atoms with E-state index in [0.29, 0.717) is 0 Å². The first-order valence-electron chi connectivity index (χ1n) is 6.99. The predicted molar refractivity (Wildman–Crippen MR) is 81.4 cm³/mol. The molecule has 1 N–H and O–H groups in total. The third-order valence-corrected chi connectivity index (χ3v) is 3.35. The second kappa shape index (κ2) is 6.48. The number of amides is 1. The molecule has 21 heavy (non-hydrogen) atoms. The van der Waals surface area contributed by atoms with Gasteiger partial charge in [0.2, 0.25) is 5.91 Å². The predicted octanol–water partition coefficient (Wildman–Crippen LogP) is 3.32. The van der Waals surface area contributed by atoms with Crippen molar-refractivity contribution in [3.8, 4) is 5.75 Å². The number of hydrogen-bond acceptors (Lipinski definition) is 3. The molecule has 1 amide bonds. The van der Waals surface area contributed by atoms with Crippen molar-refractivity contribution in [1.29, 1.82) is 0 Å². The highest BCUT2D eigenvalue weighted by Gasteiger charge is 2.14. The molecule has 1 aromatic heterocycles. The molecule has 0 aliphatic rings. The van der Waals surface area contributed by atoms with Gasteiger partial charge >= 0.3 is 0 Å². The molecule has 0 unspecified atom stereocenters. The number of rotatable bonds is 5. The Morgan fingerprint density at radius 1 is 1.29 bits per heavy atom. The zero-order valence-corrected chi connectivity index (χ0v) is 12.9. The van der Waals surface area contributed by atoms with Crippen LogP contribution < -0.4 is 10.1 Å². The van der Waals surface area contributed by atoms with E-state index in [0.717, 1.165) is 28.4 Å². The summed E-state index contributed by atoms with van der Waals surface area (Å²) in [5.74, 6) is 2.28. The van der Waals surface area contributed by atoms with E-state index in [1.165, 1.54) is 0 Å². The highest BCUT2D eigenvalue weighted by atomic mass is 16.5. The van der Waals surface area contributed by atoms with E-state index < -0.39 is 0 Å². The molecule has 0 aliphatic heterocycles. The summed E-state index contributed by atoms with van der Waals surface area (Å²) in [6.07, 6.45) is 0.287. The van der Waals surface area contributed by atoms with Crippen molar-refractivity contribution in [3.63, 3.8) is 0 Å². The van der Waals surface area contributed by atoms with Crippen molar-refractivity contribution in [3.05, 3.63) is 53.0 Å². The topological polar surface area (TPSA) is 51.5 Å². The Morgan fingerprint density at radius 3 is 2.67 bits per heavy atom. The minimum atomic E-state index is -0.151. The van der Waals surface area contributed by atoms with Crippen LogP contribution in [0.2, 0.25) is 0 Å². The fraction of sp³-hybridized carbons (Fsp3) is 0.353. The molecule has 0 radical (unpaired) electrons. The molecule has 4 heteroatoms. The number of hydrogen-bond donors (Lipinski definition) is 1. The molecule has 0 spiro atoms. The van der Waals surface area contributed by atoms with Crippen molar-refractivity contribution >= 4 is 5.91 Å². The molecular weight excluding hydrogens is 266 g/mol. The maximum atomic E-state index is 12.2. The number of methoxy groups -OCH3 is 1. The van der Waals surface area contributed by atoms with Crippen molar-refractivity contribution in [2.45, 2.75) is 33.2 Å². The van der Waals surface area contributed by atoms with Crippen LogP contribution in [-0.2, 0) is 11.2 Å². The molecule has 4 nitrogen and oxygen atoms in total. The zero-order valence-electron chi connectivity index (χ0n) is 12.9. The van der Waals surface area contributed by atoms with Crippen molar-refractivity contribution in [2.24, 2.45) is 0 Å². The Balaban J connectivity index is 2.03. The molecule has 0 fully saturated rings. The second-order valence-corrected chi connectivity index (χ2v) is 5.23. The zero-order chi connectivity index (χ0) is 15.4. The van der Waals surface area contributed by atoms with Gasteiger partial charge in [-0.05, 0) is 39.0 Å². The fourth-order valence-corrected chi connectivity index (χ4v) is 2.27. The number of benzene rings is 1. The molecular formula is C17H21NO3. The lowest BCUT2D eigenvalue weighted by Crippen LogP contribution is -2.28. The van der Waals surface area contributed by atoms with Gasteiger partial charge in [-0.15, -0.1) is 0 Å². The molecule has 2 rings (SSSR count). The summed E-state index contributed by atoms with van der Waals surface area (Å²) in [5, 5.41) is 2.94. The molecule has 1 atom stereocenters. The lowest BCUT2D eigenvalue weighted by Gasteiger charge is -2.13. The van der Waals surface area contributed by atoms with Crippen LogP contribution in [-0.4, -0.2) is 13.0 Å². The van der Waals surface area contributed by atoms with Crippen LogP contribution in [0.1, 0.15) is 35.6 Å². The minimum absolute atomic E-state index is 0.0551. The van der Waals surface area contributed by atoms with Gasteiger partial charge in [0.05, 0.1) is 19.6 Å².